The predicted molar refractivity (Wildman–Crippen MR) is 83.9 cm³/mol. The molecule has 128 valence electrons. The third-order valence-corrected chi connectivity index (χ3v) is 4.02. The monoisotopic (exact) mass is 333 g/mol. The number of hydrogen-bond donors (Lipinski definition) is 1. The highest BCUT2D eigenvalue weighted by atomic mass is 16.5. The number of hydrogen-bond acceptors (Lipinski definition) is 6. The summed E-state index contributed by atoms with van der Waals surface area (Å²) in [6.07, 6.45) is 1.51. The minimum atomic E-state index is -0.664. The van der Waals surface area contributed by atoms with Crippen LogP contribution in [0.4, 0.5) is 0 Å². The largest absolute Gasteiger partial charge is 0.502 e. The predicted octanol–water partition coefficient (Wildman–Crippen LogP) is 1.63. The molecular formula is C17H19NO6. The van der Waals surface area contributed by atoms with Crippen LogP contribution in [-0.2, 0) is 9.53 Å². The molecule has 0 spiro atoms. The molecule has 7 heteroatoms. The molecule has 7 nitrogen and oxygen atoms in total. The quantitative estimate of drug-likeness (QED) is 0.914. The topological polar surface area (TPSA) is 93.1 Å². The van der Waals surface area contributed by atoms with Crippen molar-refractivity contribution in [3.8, 4) is 5.75 Å². The minimum absolute atomic E-state index is 0.0352. The van der Waals surface area contributed by atoms with Crippen LogP contribution in [0.3, 0.4) is 0 Å². The van der Waals surface area contributed by atoms with E-state index in [-0.39, 0.29) is 18.1 Å². The Bertz CT molecular complexity index is 758. The molecule has 0 radical (unpaired) electrons. The maximum atomic E-state index is 12.6. The van der Waals surface area contributed by atoms with Crippen LogP contribution >= 0.6 is 0 Å². The molecule has 2 aromatic rings. The molecule has 1 fully saturated rings. The van der Waals surface area contributed by atoms with E-state index in [2.05, 4.69) is 0 Å². The second-order valence-electron chi connectivity index (χ2n) is 5.70. The summed E-state index contributed by atoms with van der Waals surface area (Å²) >= 11 is 0. The average Bonchev–Trinajstić information content (AvgIpc) is 3.11. The summed E-state index contributed by atoms with van der Waals surface area (Å²) in [6.45, 7) is 3.66. The molecule has 0 bridgehead atoms. The molecule has 3 rings (SSSR count). The van der Waals surface area contributed by atoms with Crippen molar-refractivity contribution in [3.63, 3.8) is 0 Å². The lowest BCUT2D eigenvalue weighted by Crippen LogP contribution is -2.41. The van der Waals surface area contributed by atoms with E-state index in [0.717, 1.165) is 0 Å². The van der Waals surface area contributed by atoms with E-state index in [1.54, 1.807) is 24.0 Å². The lowest BCUT2D eigenvalue weighted by atomic mass is 9.97. The Morgan fingerprint density at radius 3 is 2.79 bits per heavy atom. The van der Waals surface area contributed by atoms with Gasteiger partial charge in [-0.05, 0) is 19.1 Å². The van der Waals surface area contributed by atoms with E-state index in [0.29, 0.717) is 37.8 Å². The SMILES string of the molecule is Cc1cc(=O)c(O)c(C(CC(=O)N2CCOCC2)c2ccco2)o1. The van der Waals surface area contributed by atoms with E-state index in [1.165, 1.54) is 12.3 Å². The maximum absolute atomic E-state index is 12.6. The van der Waals surface area contributed by atoms with Crippen LogP contribution in [0.5, 0.6) is 5.75 Å². The van der Waals surface area contributed by atoms with E-state index in [1.807, 2.05) is 0 Å². The Hall–Kier alpha value is -2.54. The molecule has 0 aromatic carbocycles. The molecule has 1 N–H and O–H groups in total. The van der Waals surface area contributed by atoms with E-state index in [4.69, 9.17) is 13.6 Å². The summed E-state index contributed by atoms with van der Waals surface area (Å²) in [6, 6.07) is 4.59. The Morgan fingerprint density at radius 2 is 2.12 bits per heavy atom. The summed E-state index contributed by atoms with van der Waals surface area (Å²) in [5, 5.41) is 10.1. The number of morpholine rings is 1. The van der Waals surface area contributed by atoms with Gasteiger partial charge in [-0.15, -0.1) is 0 Å². The van der Waals surface area contributed by atoms with Crippen LogP contribution in [0.2, 0.25) is 0 Å². The maximum Gasteiger partial charge on any atom is 0.227 e. The molecule has 0 aliphatic carbocycles. The van der Waals surface area contributed by atoms with Crippen molar-refractivity contribution < 1.29 is 23.5 Å². The number of ether oxygens (including phenoxy) is 1. The van der Waals surface area contributed by atoms with Gasteiger partial charge < -0.3 is 23.6 Å². The number of carbonyl (C=O) groups excluding carboxylic acids is 1. The van der Waals surface area contributed by atoms with Gasteiger partial charge in [0.15, 0.2) is 5.76 Å². The van der Waals surface area contributed by atoms with Crippen molar-refractivity contribution in [2.24, 2.45) is 0 Å². The fourth-order valence-electron chi connectivity index (χ4n) is 2.79. The molecule has 1 amide bonds. The van der Waals surface area contributed by atoms with E-state index >= 15 is 0 Å². The van der Waals surface area contributed by atoms with Gasteiger partial charge in [-0.2, -0.15) is 0 Å². The molecular weight excluding hydrogens is 314 g/mol. The molecule has 0 saturated carbocycles. The first-order valence-corrected chi connectivity index (χ1v) is 7.79. The highest BCUT2D eigenvalue weighted by molar-refractivity contribution is 5.77. The summed E-state index contributed by atoms with van der Waals surface area (Å²) in [5.74, 6) is -0.386. The van der Waals surface area contributed by atoms with Crippen molar-refractivity contribution in [3.05, 3.63) is 52.0 Å². The Kier molecular flexibility index (Phi) is 4.71. The van der Waals surface area contributed by atoms with Crippen LogP contribution in [0.25, 0.3) is 0 Å². The molecule has 3 heterocycles. The Morgan fingerprint density at radius 1 is 1.38 bits per heavy atom. The van der Waals surface area contributed by atoms with Crippen molar-refractivity contribution >= 4 is 5.91 Å². The fraction of sp³-hybridized carbons (Fsp3) is 0.412. The lowest BCUT2D eigenvalue weighted by molar-refractivity contribution is -0.135. The van der Waals surface area contributed by atoms with Crippen molar-refractivity contribution in [1.29, 1.82) is 0 Å². The molecule has 24 heavy (non-hydrogen) atoms. The molecule has 2 aromatic heterocycles. The third-order valence-electron chi connectivity index (χ3n) is 4.02. The second-order valence-corrected chi connectivity index (χ2v) is 5.70. The van der Waals surface area contributed by atoms with Gasteiger partial charge in [0.2, 0.25) is 17.1 Å². The molecule has 1 aliphatic heterocycles. The number of carbonyl (C=O) groups is 1. The fourth-order valence-corrected chi connectivity index (χ4v) is 2.79. The number of nitrogens with zero attached hydrogens (tertiary/aromatic N) is 1. The molecule has 1 atom stereocenters. The highest BCUT2D eigenvalue weighted by Gasteiger charge is 2.30. The second kappa shape index (κ2) is 6.92. The van der Waals surface area contributed by atoms with Gasteiger partial charge in [-0.1, -0.05) is 0 Å². The smallest absolute Gasteiger partial charge is 0.227 e. The molecule has 1 saturated heterocycles. The van der Waals surface area contributed by atoms with Gasteiger partial charge in [-0.3, -0.25) is 9.59 Å². The lowest BCUT2D eigenvalue weighted by Gasteiger charge is -2.28. The first-order valence-electron chi connectivity index (χ1n) is 7.79. The Labute approximate surface area is 138 Å². The average molecular weight is 333 g/mol. The van der Waals surface area contributed by atoms with Crippen LogP contribution in [0.1, 0.15) is 29.6 Å². The zero-order valence-corrected chi connectivity index (χ0v) is 13.4. The highest BCUT2D eigenvalue weighted by Crippen LogP contribution is 2.33. The van der Waals surface area contributed by atoms with Crippen LogP contribution in [0, 0.1) is 6.92 Å². The standard InChI is InChI=1S/C17H19NO6/c1-11-9-13(19)16(21)17(24-11)12(14-3-2-6-23-14)10-15(20)18-4-7-22-8-5-18/h2-3,6,9,12,21H,4-5,7-8,10H2,1H3. The first-order chi connectivity index (χ1) is 11.6. The van der Waals surface area contributed by atoms with Crippen LogP contribution in [-0.4, -0.2) is 42.2 Å². The zero-order valence-electron chi connectivity index (χ0n) is 13.4. The number of amides is 1. The Balaban J connectivity index is 1.93. The summed E-state index contributed by atoms with van der Waals surface area (Å²) in [7, 11) is 0. The zero-order chi connectivity index (χ0) is 17.1. The van der Waals surface area contributed by atoms with Crippen molar-refractivity contribution in [2.75, 3.05) is 26.3 Å². The summed E-state index contributed by atoms with van der Waals surface area (Å²) in [5.41, 5.74) is -0.538. The van der Waals surface area contributed by atoms with Crippen molar-refractivity contribution in [1.82, 2.24) is 4.90 Å². The van der Waals surface area contributed by atoms with Gasteiger partial charge >= 0.3 is 0 Å². The summed E-state index contributed by atoms with van der Waals surface area (Å²) < 4.78 is 16.2. The van der Waals surface area contributed by atoms with Gasteiger partial charge in [-0.25, -0.2) is 0 Å². The third kappa shape index (κ3) is 3.35. The van der Waals surface area contributed by atoms with Crippen molar-refractivity contribution in [2.45, 2.75) is 19.3 Å². The van der Waals surface area contributed by atoms with E-state index < -0.39 is 17.1 Å². The number of rotatable bonds is 4. The van der Waals surface area contributed by atoms with E-state index in [9.17, 15) is 14.7 Å². The van der Waals surface area contributed by atoms with Gasteiger partial charge in [0, 0.05) is 25.6 Å². The minimum Gasteiger partial charge on any atom is -0.502 e. The molecule has 1 unspecified atom stereocenters. The number of aromatic hydroxyl groups is 1. The van der Waals surface area contributed by atoms with Gasteiger partial charge in [0.1, 0.15) is 11.5 Å². The number of aryl methyl sites for hydroxylation is 1. The van der Waals surface area contributed by atoms with Gasteiger partial charge in [0.25, 0.3) is 0 Å². The van der Waals surface area contributed by atoms with Crippen LogP contribution in [0.15, 0.2) is 38.1 Å². The normalized spacial score (nSPS) is 16.1. The molecule has 1 aliphatic rings. The van der Waals surface area contributed by atoms with Crippen LogP contribution < -0.4 is 5.43 Å². The van der Waals surface area contributed by atoms with Gasteiger partial charge in [0.05, 0.1) is 25.4 Å². The first kappa shape index (κ1) is 16.3. The number of furan rings is 1. The summed E-state index contributed by atoms with van der Waals surface area (Å²) in [4.78, 5) is 26.2.